The maximum atomic E-state index is 14.4. The van der Waals surface area contributed by atoms with Gasteiger partial charge in [-0.25, -0.2) is 4.39 Å². The minimum absolute atomic E-state index is 0.133. The van der Waals surface area contributed by atoms with Crippen LogP contribution in [-0.4, -0.2) is 22.5 Å². The Balaban J connectivity index is 2.16. The number of nitrogens with zero attached hydrogens (tertiary/aromatic N) is 1. The zero-order chi connectivity index (χ0) is 14.5. The molecule has 2 N–H and O–H groups in total. The highest BCUT2D eigenvalue weighted by Gasteiger charge is 2.23. The molecule has 1 aliphatic rings. The van der Waals surface area contributed by atoms with Gasteiger partial charge in [-0.3, -0.25) is 4.90 Å². The maximum absolute atomic E-state index is 14.4. The minimum atomic E-state index is -0.249. The highest BCUT2D eigenvalue weighted by atomic mass is 32.1. The van der Waals surface area contributed by atoms with E-state index in [2.05, 4.69) is 11.8 Å². The number of hydrogen-bond donors (Lipinski definition) is 1. The van der Waals surface area contributed by atoms with E-state index in [0.717, 1.165) is 6.54 Å². The molecule has 1 aromatic carbocycles. The summed E-state index contributed by atoms with van der Waals surface area (Å²) >= 11 is 4.90. The van der Waals surface area contributed by atoms with Gasteiger partial charge in [0.15, 0.2) is 0 Å². The van der Waals surface area contributed by atoms with Gasteiger partial charge in [-0.15, -0.1) is 0 Å². The fraction of sp³-hybridized carbons (Fsp3) is 0.562. The molecule has 1 saturated heterocycles. The van der Waals surface area contributed by atoms with Crippen molar-refractivity contribution in [2.24, 2.45) is 5.73 Å². The van der Waals surface area contributed by atoms with Crippen molar-refractivity contribution in [2.45, 2.75) is 51.6 Å². The van der Waals surface area contributed by atoms with Gasteiger partial charge in [0.1, 0.15) is 10.8 Å². The molecule has 20 heavy (non-hydrogen) atoms. The molecule has 2 rings (SSSR count). The lowest BCUT2D eigenvalue weighted by Gasteiger charge is -2.36. The molecular weight excluding hydrogens is 271 g/mol. The van der Waals surface area contributed by atoms with Gasteiger partial charge in [-0.05, 0) is 31.9 Å². The molecule has 0 spiro atoms. The SMILES string of the molecule is CCCC1CCCCN1Cc1cccc(C(N)=S)c1F. The highest BCUT2D eigenvalue weighted by molar-refractivity contribution is 7.80. The van der Waals surface area contributed by atoms with Crippen LogP contribution in [-0.2, 0) is 6.54 Å². The zero-order valence-corrected chi connectivity index (χ0v) is 12.9. The van der Waals surface area contributed by atoms with Crippen LogP contribution in [0.5, 0.6) is 0 Å². The van der Waals surface area contributed by atoms with E-state index < -0.39 is 0 Å². The van der Waals surface area contributed by atoms with Crippen LogP contribution in [0.15, 0.2) is 18.2 Å². The largest absolute Gasteiger partial charge is 0.389 e. The van der Waals surface area contributed by atoms with Crippen LogP contribution >= 0.6 is 12.2 Å². The first kappa shape index (κ1) is 15.4. The number of nitrogens with two attached hydrogens (primary N) is 1. The lowest BCUT2D eigenvalue weighted by molar-refractivity contribution is 0.130. The summed E-state index contributed by atoms with van der Waals surface area (Å²) in [5.74, 6) is -0.249. The van der Waals surface area contributed by atoms with E-state index in [9.17, 15) is 4.39 Å². The van der Waals surface area contributed by atoms with Gasteiger partial charge in [-0.1, -0.05) is 44.1 Å². The van der Waals surface area contributed by atoms with Crippen LogP contribution in [0.25, 0.3) is 0 Å². The van der Waals surface area contributed by atoms with Gasteiger partial charge in [0.05, 0.1) is 0 Å². The predicted octanol–water partition coefficient (Wildman–Crippen LogP) is 3.61. The molecular formula is C16H23FN2S. The molecule has 1 atom stereocenters. The third kappa shape index (κ3) is 3.55. The molecule has 1 fully saturated rings. The Bertz CT molecular complexity index is 474. The Hall–Kier alpha value is -1.00. The fourth-order valence-corrected chi connectivity index (χ4v) is 3.20. The summed E-state index contributed by atoms with van der Waals surface area (Å²) in [6.45, 7) is 3.93. The Morgan fingerprint density at radius 3 is 2.95 bits per heavy atom. The second-order valence-corrected chi connectivity index (χ2v) is 5.99. The molecule has 4 heteroatoms. The molecule has 1 heterocycles. The Morgan fingerprint density at radius 2 is 2.25 bits per heavy atom. The van der Waals surface area contributed by atoms with Crippen LogP contribution < -0.4 is 5.73 Å². The van der Waals surface area contributed by atoms with Crippen LogP contribution in [0.3, 0.4) is 0 Å². The quantitative estimate of drug-likeness (QED) is 0.841. The molecule has 0 amide bonds. The number of benzene rings is 1. The average Bonchev–Trinajstić information content (AvgIpc) is 2.43. The molecule has 0 bridgehead atoms. The molecule has 1 aromatic rings. The van der Waals surface area contributed by atoms with Gasteiger partial charge in [0.2, 0.25) is 0 Å². The smallest absolute Gasteiger partial charge is 0.137 e. The topological polar surface area (TPSA) is 29.3 Å². The number of hydrogen-bond acceptors (Lipinski definition) is 2. The Morgan fingerprint density at radius 1 is 1.45 bits per heavy atom. The molecule has 2 nitrogen and oxygen atoms in total. The third-order valence-corrected chi connectivity index (χ3v) is 4.31. The van der Waals surface area contributed by atoms with Crippen molar-refractivity contribution in [2.75, 3.05) is 6.54 Å². The molecule has 0 aliphatic carbocycles. The summed E-state index contributed by atoms with van der Waals surface area (Å²) < 4.78 is 14.4. The van der Waals surface area contributed by atoms with Gasteiger partial charge in [0, 0.05) is 23.7 Å². The van der Waals surface area contributed by atoms with E-state index in [-0.39, 0.29) is 10.8 Å². The molecule has 0 radical (unpaired) electrons. The van der Waals surface area contributed by atoms with Crippen LogP contribution in [0.2, 0.25) is 0 Å². The summed E-state index contributed by atoms with van der Waals surface area (Å²) in [6.07, 6.45) is 6.09. The first-order valence-electron chi connectivity index (χ1n) is 7.44. The Kier molecular flexibility index (Phi) is 5.49. The second kappa shape index (κ2) is 7.14. The fourth-order valence-electron chi connectivity index (χ4n) is 3.04. The highest BCUT2D eigenvalue weighted by Crippen LogP contribution is 2.24. The third-order valence-electron chi connectivity index (χ3n) is 4.09. The van der Waals surface area contributed by atoms with E-state index in [4.69, 9.17) is 18.0 Å². The Labute approximate surface area is 126 Å². The van der Waals surface area contributed by atoms with Gasteiger partial charge in [0.25, 0.3) is 0 Å². The lowest BCUT2D eigenvalue weighted by Crippen LogP contribution is -2.39. The van der Waals surface area contributed by atoms with Crippen molar-refractivity contribution >= 4 is 17.2 Å². The number of thiocarbonyl (C=S) groups is 1. The molecule has 0 aromatic heterocycles. The minimum Gasteiger partial charge on any atom is -0.389 e. The normalized spacial score (nSPS) is 20.0. The average molecular weight is 294 g/mol. The van der Waals surface area contributed by atoms with E-state index in [1.807, 2.05) is 12.1 Å². The van der Waals surface area contributed by atoms with Crippen LogP contribution in [0.1, 0.15) is 50.2 Å². The maximum Gasteiger partial charge on any atom is 0.137 e. The second-order valence-electron chi connectivity index (χ2n) is 5.55. The van der Waals surface area contributed by atoms with Crippen molar-refractivity contribution < 1.29 is 4.39 Å². The van der Waals surface area contributed by atoms with Crippen molar-refractivity contribution in [1.29, 1.82) is 0 Å². The van der Waals surface area contributed by atoms with Crippen molar-refractivity contribution in [1.82, 2.24) is 4.90 Å². The van der Waals surface area contributed by atoms with Crippen LogP contribution in [0, 0.1) is 5.82 Å². The number of rotatable bonds is 5. The molecule has 0 saturated carbocycles. The number of likely N-dealkylation sites (tertiary alicyclic amines) is 1. The van der Waals surface area contributed by atoms with Crippen molar-refractivity contribution in [3.63, 3.8) is 0 Å². The summed E-state index contributed by atoms with van der Waals surface area (Å²) in [6, 6.07) is 5.92. The standard InChI is InChI=1S/C16H23FN2S/c1-2-6-13-8-3-4-10-19(13)11-12-7-5-9-14(15(12)17)16(18)20/h5,7,9,13H,2-4,6,8,10-11H2,1H3,(H2,18,20). The van der Waals surface area contributed by atoms with Crippen molar-refractivity contribution in [3.05, 3.63) is 35.1 Å². The van der Waals surface area contributed by atoms with Crippen molar-refractivity contribution in [3.8, 4) is 0 Å². The molecule has 1 aliphatic heterocycles. The summed E-state index contributed by atoms with van der Waals surface area (Å²) in [5, 5.41) is 0. The first-order chi connectivity index (χ1) is 9.63. The summed E-state index contributed by atoms with van der Waals surface area (Å²) in [5.41, 5.74) is 6.64. The zero-order valence-electron chi connectivity index (χ0n) is 12.1. The van der Waals surface area contributed by atoms with Gasteiger partial charge < -0.3 is 5.73 Å². The summed E-state index contributed by atoms with van der Waals surface area (Å²) in [7, 11) is 0. The first-order valence-corrected chi connectivity index (χ1v) is 7.85. The monoisotopic (exact) mass is 294 g/mol. The van der Waals surface area contributed by atoms with Crippen LogP contribution in [0.4, 0.5) is 4.39 Å². The number of piperidine rings is 1. The molecule has 1 unspecified atom stereocenters. The summed E-state index contributed by atoms with van der Waals surface area (Å²) in [4.78, 5) is 2.54. The predicted molar refractivity (Wildman–Crippen MR) is 85.2 cm³/mol. The van der Waals surface area contributed by atoms with Gasteiger partial charge >= 0.3 is 0 Å². The van der Waals surface area contributed by atoms with E-state index >= 15 is 0 Å². The van der Waals surface area contributed by atoms with E-state index in [1.165, 1.54) is 32.1 Å². The van der Waals surface area contributed by atoms with Gasteiger partial charge in [-0.2, -0.15) is 0 Å². The van der Waals surface area contributed by atoms with E-state index in [0.29, 0.717) is 23.7 Å². The number of halogens is 1. The van der Waals surface area contributed by atoms with E-state index in [1.54, 1.807) is 6.07 Å². The molecule has 110 valence electrons. The lowest BCUT2D eigenvalue weighted by atomic mass is 9.97.